The molecule has 1 aliphatic rings. The molecule has 1 amide bonds. The van der Waals surface area contributed by atoms with Gasteiger partial charge in [0.2, 0.25) is 0 Å². The summed E-state index contributed by atoms with van der Waals surface area (Å²) in [7, 11) is 3.15. The summed E-state index contributed by atoms with van der Waals surface area (Å²) in [6.07, 6.45) is 8.31. The van der Waals surface area contributed by atoms with Crippen LogP contribution in [0.2, 0.25) is 0 Å². The molecule has 0 N–H and O–H groups in total. The standard InChI is InChI=1S/C23H20N4O4S/c1-29-19-8-7-16(11-20(19)30-2)12-21-22(28)27(15-18-6-4-10-31-18)23(32-21)26-25-14-17-5-3-9-24-13-17/h3-14H,15H2,1-2H3/b21-12-,25-14-,26-23+. The van der Waals surface area contributed by atoms with Crippen LogP contribution >= 0.6 is 11.8 Å². The first-order valence-electron chi connectivity index (χ1n) is 9.65. The summed E-state index contributed by atoms with van der Waals surface area (Å²) in [6, 6.07) is 12.7. The van der Waals surface area contributed by atoms with E-state index in [2.05, 4.69) is 15.2 Å². The Bertz CT molecular complexity index is 1170. The second-order valence-corrected chi connectivity index (χ2v) is 7.62. The highest BCUT2D eigenvalue weighted by Gasteiger charge is 2.34. The molecule has 9 heteroatoms. The van der Waals surface area contributed by atoms with E-state index in [-0.39, 0.29) is 12.5 Å². The molecule has 0 bridgehead atoms. The van der Waals surface area contributed by atoms with Crippen LogP contribution in [0.4, 0.5) is 0 Å². The van der Waals surface area contributed by atoms with E-state index in [0.717, 1.165) is 11.1 Å². The Morgan fingerprint density at radius 1 is 1.12 bits per heavy atom. The van der Waals surface area contributed by atoms with Gasteiger partial charge in [-0.15, -0.1) is 5.10 Å². The molecule has 0 saturated carbocycles. The van der Waals surface area contributed by atoms with E-state index in [9.17, 15) is 4.79 Å². The zero-order chi connectivity index (χ0) is 22.3. The molecule has 8 nitrogen and oxygen atoms in total. The second-order valence-electron chi connectivity index (χ2n) is 6.61. The fourth-order valence-corrected chi connectivity index (χ4v) is 3.91. The molecule has 1 aliphatic heterocycles. The summed E-state index contributed by atoms with van der Waals surface area (Å²) in [5.74, 6) is 1.66. The molecule has 2 aromatic heterocycles. The molecular weight excluding hydrogens is 428 g/mol. The zero-order valence-electron chi connectivity index (χ0n) is 17.5. The predicted molar refractivity (Wildman–Crippen MR) is 124 cm³/mol. The number of amides is 1. The van der Waals surface area contributed by atoms with Gasteiger partial charge in [-0.05, 0) is 53.7 Å². The number of carbonyl (C=O) groups is 1. The summed E-state index contributed by atoms with van der Waals surface area (Å²) in [6.45, 7) is 0.253. The van der Waals surface area contributed by atoms with Crippen LogP contribution in [0.1, 0.15) is 16.9 Å². The number of hydrogen-bond donors (Lipinski definition) is 0. The molecule has 3 aromatic rings. The maximum Gasteiger partial charge on any atom is 0.267 e. The van der Waals surface area contributed by atoms with E-state index < -0.39 is 0 Å². The first-order valence-corrected chi connectivity index (χ1v) is 10.5. The van der Waals surface area contributed by atoms with Crippen molar-refractivity contribution in [1.29, 1.82) is 0 Å². The third-order valence-corrected chi connectivity index (χ3v) is 5.52. The smallest absolute Gasteiger partial charge is 0.267 e. The van der Waals surface area contributed by atoms with Crippen LogP contribution in [0.15, 0.2) is 80.6 Å². The lowest BCUT2D eigenvalue weighted by molar-refractivity contribution is -0.122. The van der Waals surface area contributed by atoms with E-state index in [4.69, 9.17) is 13.9 Å². The molecule has 1 saturated heterocycles. The number of aromatic nitrogens is 1. The van der Waals surface area contributed by atoms with Crippen molar-refractivity contribution in [2.75, 3.05) is 14.2 Å². The van der Waals surface area contributed by atoms with Crippen LogP contribution < -0.4 is 9.47 Å². The van der Waals surface area contributed by atoms with Crippen molar-refractivity contribution in [3.8, 4) is 11.5 Å². The van der Waals surface area contributed by atoms with Gasteiger partial charge in [-0.2, -0.15) is 5.10 Å². The monoisotopic (exact) mass is 448 g/mol. The number of hydrogen-bond acceptors (Lipinski definition) is 8. The van der Waals surface area contributed by atoms with Gasteiger partial charge < -0.3 is 13.9 Å². The quantitative estimate of drug-likeness (QED) is 0.306. The molecule has 162 valence electrons. The highest BCUT2D eigenvalue weighted by molar-refractivity contribution is 8.18. The third kappa shape index (κ3) is 4.89. The first-order chi connectivity index (χ1) is 15.7. The lowest BCUT2D eigenvalue weighted by Crippen LogP contribution is -2.28. The normalized spacial score (nSPS) is 16.4. The van der Waals surface area contributed by atoms with Gasteiger partial charge in [-0.3, -0.25) is 14.7 Å². The van der Waals surface area contributed by atoms with Gasteiger partial charge in [-0.1, -0.05) is 12.1 Å². The Balaban J connectivity index is 1.63. The lowest BCUT2D eigenvalue weighted by Gasteiger charge is -2.12. The molecule has 0 aliphatic carbocycles. The van der Waals surface area contributed by atoms with Gasteiger partial charge in [0.15, 0.2) is 16.7 Å². The Hall–Kier alpha value is -3.85. The van der Waals surface area contributed by atoms with Crippen molar-refractivity contribution in [2.24, 2.45) is 10.2 Å². The van der Waals surface area contributed by atoms with Gasteiger partial charge in [-0.25, -0.2) is 0 Å². The summed E-state index contributed by atoms with van der Waals surface area (Å²) >= 11 is 1.25. The SMILES string of the molecule is COc1ccc(/C=C2\S/C(=N/N=C\c3cccnc3)N(Cc3ccco3)C2=O)cc1OC. The number of methoxy groups -OCH3 is 2. The molecular formula is C23H20N4O4S. The number of ether oxygens (including phenoxy) is 2. The van der Waals surface area contributed by atoms with Crippen molar-refractivity contribution in [3.05, 3.63) is 82.9 Å². The number of nitrogens with zero attached hydrogens (tertiary/aromatic N) is 4. The van der Waals surface area contributed by atoms with Gasteiger partial charge in [0, 0.05) is 18.0 Å². The van der Waals surface area contributed by atoms with Crippen molar-refractivity contribution in [3.63, 3.8) is 0 Å². The first kappa shape index (κ1) is 21.4. The fourth-order valence-electron chi connectivity index (χ4n) is 2.97. The van der Waals surface area contributed by atoms with Crippen molar-refractivity contribution >= 4 is 35.1 Å². The number of amidine groups is 1. The van der Waals surface area contributed by atoms with Gasteiger partial charge in [0.1, 0.15) is 5.76 Å². The van der Waals surface area contributed by atoms with Crippen LogP contribution in [0.3, 0.4) is 0 Å². The summed E-state index contributed by atoms with van der Waals surface area (Å²) in [5, 5.41) is 8.88. The minimum atomic E-state index is -0.184. The van der Waals surface area contributed by atoms with E-state index >= 15 is 0 Å². The number of carbonyl (C=O) groups excluding carboxylic acids is 1. The molecule has 1 aromatic carbocycles. The average molecular weight is 449 g/mol. The van der Waals surface area contributed by atoms with Crippen LogP contribution in [-0.2, 0) is 11.3 Å². The molecule has 32 heavy (non-hydrogen) atoms. The number of benzene rings is 1. The Kier molecular flexibility index (Phi) is 6.66. The maximum atomic E-state index is 13.2. The van der Waals surface area contributed by atoms with Crippen molar-refractivity contribution in [2.45, 2.75) is 6.54 Å². The number of thioether (sulfide) groups is 1. The van der Waals surface area contributed by atoms with Crippen LogP contribution in [-0.4, -0.2) is 41.4 Å². The van der Waals surface area contributed by atoms with Crippen LogP contribution in [0.25, 0.3) is 6.08 Å². The zero-order valence-corrected chi connectivity index (χ0v) is 18.3. The maximum absolute atomic E-state index is 13.2. The van der Waals surface area contributed by atoms with Gasteiger partial charge in [0.05, 0.1) is 38.1 Å². The highest BCUT2D eigenvalue weighted by atomic mass is 32.2. The molecule has 0 unspecified atom stereocenters. The number of furan rings is 1. The van der Waals surface area contributed by atoms with Gasteiger partial charge >= 0.3 is 0 Å². The average Bonchev–Trinajstić information content (AvgIpc) is 3.44. The van der Waals surface area contributed by atoms with E-state index in [0.29, 0.717) is 27.3 Å². The minimum absolute atomic E-state index is 0.184. The van der Waals surface area contributed by atoms with Crippen LogP contribution in [0.5, 0.6) is 11.5 Å². The number of rotatable bonds is 7. The third-order valence-electron chi connectivity index (χ3n) is 4.52. The highest BCUT2D eigenvalue weighted by Crippen LogP contribution is 2.35. The predicted octanol–water partition coefficient (Wildman–Crippen LogP) is 4.20. The van der Waals surface area contributed by atoms with Crippen molar-refractivity contribution in [1.82, 2.24) is 9.88 Å². The van der Waals surface area contributed by atoms with Crippen molar-refractivity contribution < 1.29 is 18.7 Å². The van der Waals surface area contributed by atoms with Crippen LogP contribution in [0, 0.1) is 0 Å². The Morgan fingerprint density at radius 3 is 2.72 bits per heavy atom. The topological polar surface area (TPSA) is 89.5 Å². The minimum Gasteiger partial charge on any atom is -0.493 e. The molecule has 1 fully saturated rings. The van der Waals surface area contributed by atoms with E-state index in [1.165, 1.54) is 16.7 Å². The summed E-state index contributed by atoms with van der Waals surface area (Å²) < 4.78 is 16.1. The van der Waals surface area contributed by atoms with E-state index in [1.54, 1.807) is 57.3 Å². The second kappa shape index (κ2) is 9.97. The lowest BCUT2D eigenvalue weighted by atomic mass is 10.2. The molecule has 4 rings (SSSR count). The molecule has 0 radical (unpaired) electrons. The molecule has 3 heterocycles. The Labute approximate surface area is 189 Å². The molecule has 0 spiro atoms. The summed E-state index contributed by atoms with van der Waals surface area (Å²) in [4.78, 5) is 19.3. The molecule has 0 atom stereocenters. The number of pyridine rings is 1. The van der Waals surface area contributed by atoms with Gasteiger partial charge in [0.25, 0.3) is 5.91 Å². The largest absolute Gasteiger partial charge is 0.493 e. The van der Waals surface area contributed by atoms with E-state index in [1.807, 2.05) is 30.3 Å². The fraction of sp³-hybridized carbons (Fsp3) is 0.130. The Morgan fingerprint density at radius 2 is 2.00 bits per heavy atom. The summed E-state index contributed by atoms with van der Waals surface area (Å²) in [5.41, 5.74) is 1.61.